The third-order valence-corrected chi connectivity index (χ3v) is 6.21. The Kier molecular flexibility index (Phi) is 5.97. The Morgan fingerprint density at radius 1 is 1.11 bits per heavy atom. The van der Waals surface area contributed by atoms with Crippen molar-refractivity contribution in [2.75, 3.05) is 5.32 Å². The van der Waals surface area contributed by atoms with Gasteiger partial charge in [0.2, 0.25) is 10.0 Å². The van der Waals surface area contributed by atoms with Gasteiger partial charge in [-0.05, 0) is 68.0 Å². The van der Waals surface area contributed by atoms with Gasteiger partial charge in [0.25, 0.3) is 5.91 Å². The van der Waals surface area contributed by atoms with Crippen molar-refractivity contribution in [3.8, 4) is 0 Å². The minimum absolute atomic E-state index is 0.0276. The number of rotatable bonds is 8. The van der Waals surface area contributed by atoms with E-state index in [0.29, 0.717) is 11.3 Å². The van der Waals surface area contributed by atoms with Gasteiger partial charge in [0, 0.05) is 17.3 Å². The van der Waals surface area contributed by atoms with Gasteiger partial charge in [-0.15, -0.1) is 0 Å². The smallest absolute Gasteiger partial charge is 0.255 e. The Morgan fingerprint density at radius 3 is 2.44 bits per heavy atom. The molecule has 1 aliphatic carbocycles. The molecule has 0 heterocycles. The van der Waals surface area contributed by atoms with Crippen molar-refractivity contribution in [2.45, 2.75) is 56.9 Å². The molecule has 1 fully saturated rings. The lowest BCUT2D eigenvalue weighted by molar-refractivity contribution is 0.102. The van der Waals surface area contributed by atoms with E-state index < -0.39 is 10.0 Å². The van der Waals surface area contributed by atoms with Crippen LogP contribution in [0.25, 0.3) is 0 Å². The first-order valence-corrected chi connectivity index (χ1v) is 10.9. The number of amides is 1. The predicted molar refractivity (Wildman–Crippen MR) is 108 cm³/mol. The summed E-state index contributed by atoms with van der Waals surface area (Å²) in [6.07, 6.45) is 5.05. The highest BCUT2D eigenvalue weighted by molar-refractivity contribution is 7.89. The predicted octanol–water partition coefficient (Wildman–Crippen LogP) is 4.03. The van der Waals surface area contributed by atoms with Crippen LogP contribution in [0.3, 0.4) is 0 Å². The summed E-state index contributed by atoms with van der Waals surface area (Å²) in [6, 6.07) is 12.5. The maximum Gasteiger partial charge on any atom is 0.255 e. The third-order valence-electron chi connectivity index (χ3n) is 4.69. The van der Waals surface area contributed by atoms with E-state index in [0.717, 1.165) is 37.7 Å². The SMILES string of the molecule is CCCCc1ccc(NC(=O)c2cc(S(=O)(=O)NC3CC3)ccc2C)cc1. The number of aryl methyl sites for hydroxylation is 2. The molecule has 144 valence electrons. The van der Waals surface area contributed by atoms with Crippen molar-refractivity contribution in [1.82, 2.24) is 4.72 Å². The van der Waals surface area contributed by atoms with E-state index in [1.165, 1.54) is 11.6 Å². The fraction of sp³-hybridized carbons (Fsp3) is 0.381. The van der Waals surface area contributed by atoms with Gasteiger partial charge in [-0.3, -0.25) is 4.79 Å². The maximum atomic E-state index is 12.7. The molecule has 3 rings (SSSR count). The van der Waals surface area contributed by atoms with E-state index in [4.69, 9.17) is 0 Å². The summed E-state index contributed by atoms with van der Waals surface area (Å²) in [7, 11) is -3.59. The molecule has 5 nitrogen and oxygen atoms in total. The molecule has 0 radical (unpaired) electrons. The highest BCUT2D eigenvalue weighted by Crippen LogP contribution is 2.23. The lowest BCUT2D eigenvalue weighted by atomic mass is 10.1. The molecule has 2 aromatic rings. The summed E-state index contributed by atoms with van der Waals surface area (Å²) in [4.78, 5) is 12.8. The van der Waals surface area contributed by atoms with Crippen LogP contribution in [-0.4, -0.2) is 20.4 Å². The van der Waals surface area contributed by atoms with Crippen molar-refractivity contribution in [3.05, 3.63) is 59.2 Å². The topological polar surface area (TPSA) is 75.3 Å². The van der Waals surface area contributed by atoms with Crippen molar-refractivity contribution < 1.29 is 13.2 Å². The number of hydrogen-bond donors (Lipinski definition) is 2. The number of anilines is 1. The third kappa shape index (κ3) is 5.17. The summed E-state index contributed by atoms with van der Waals surface area (Å²) >= 11 is 0. The van der Waals surface area contributed by atoms with Crippen LogP contribution >= 0.6 is 0 Å². The average molecular weight is 387 g/mol. The van der Waals surface area contributed by atoms with Gasteiger partial charge in [0.15, 0.2) is 0 Å². The first-order valence-electron chi connectivity index (χ1n) is 9.42. The molecule has 0 saturated heterocycles. The molecule has 0 atom stereocenters. The van der Waals surface area contributed by atoms with Gasteiger partial charge in [-0.1, -0.05) is 31.5 Å². The van der Waals surface area contributed by atoms with Crippen molar-refractivity contribution in [2.24, 2.45) is 0 Å². The van der Waals surface area contributed by atoms with E-state index in [1.807, 2.05) is 24.3 Å². The van der Waals surface area contributed by atoms with E-state index in [2.05, 4.69) is 17.0 Å². The molecule has 0 bridgehead atoms. The average Bonchev–Trinajstić information content (AvgIpc) is 3.44. The quantitative estimate of drug-likeness (QED) is 0.719. The molecule has 0 spiro atoms. The molecule has 6 heteroatoms. The lowest BCUT2D eigenvalue weighted by Crippen LogP contribution is -2.26. The Balaban J connectivity index is 1.75. The molecule has 1 amide bonds. The lowest BCUT2D eigenvalue weighted by Gasteiger charge is -2.11. The number of hydrogen-bond acceptors (Lipinski definition) is 3. The molecule has 27 heavy (non-hydrogen) atoms. The molecular weight excluding hydrogens is 360 g/mol. The van der Waals surface area contributed by atoms with Gasteiger partial charge in [0.1, 0.15) is 0 Å². The van der Waals surface area contributed by atoms with Crippen LogP contribution in [0.4, 0.5) is 5.69 Å². The normalized spacial score (nSPS) is 14.1. The van der Waals surface area contributed by atoms with Gasteiger partial charge < -0.3 is 5.32 Å². The molecule has 1 saturated carbocycles. The van der Waals surface area contributed by atoms with Crippen LogP contribution in [0.5, 0.6) is 0 Å². The second-order valence-corrected chi connectivity index (χ2v) is 8.84. The minimum Gasteiger partial charge on any atom is -0.322 e. The van der Waals surface area contributed by atoms with Gasteiger partial charge in [0.05, 0.1) is 4.90 Å². The van der Waals surface area contributed by atoms with E-state index in [9.17, 15) is 13.2 Å². The Morgan fingerprint density at radius 2 is 1.81 bits per heavy atom. The van der Waals surface area contributed by atoms with Gasteiger partial charge in [-0.25, -0.2) is 13.1 Å². The highest BCUT2D eigenvalue weighted by Gasteiger charge is 2.28. The minimum atomic E-state index is -3.59. The summed E-state index contributed by atoms with van der Waals surface area (Å²) < 4.78 is 27.5. The van der Waals surface area contributed by atoms with Crippen LogP contribution in [0.2, 0.25) is 0 Å². The zero-order chi connectivity index (χ0) is 19.4. The zero-order valence-electron chi connectivity index (χ0n) is 15.8. The molecule has 2 aromatic carbocycles. The number of nitrogens with one attached hydrogen (secondary N) is 2. The zero-order valence-corrected chi connectivity index (χ0v) is 16.6. The Hall–Kier alpha value is -2.18. The van der Waals surface area contributed by atoms with Crippen LogP contribution in [0.1, 0.15) is 54.1 Å². The number of carbonyl (C=O) groups excluding carboxylic acids is 1. The van der Waals surface area contributed by atoms with Crippen LogP contribution in [-0.2, 0) is 16.4 Å². The van der Waals surface area contributed by atoms with Crippen molar-refractivity contribution in [3.63, 3.8) is 0 Å². The van der Waals surface area contributed by atoms with E-state index >= 15 is 0 Å². The number of carbonyl (C=O) groups is 1. The molecule has 0 aromatic heterocycles. The van der Waals surface area contributed by atoms with E-state index in [-0.39, 0.29) is 16.8 Å². The molecule has 0 aliphatic heterocycles. The first-order chi connectivity index (χ1) is 12.9. The van der Waals surface area contributed by atoms with Gasteiger partial charge >= 0.3 is 0 Å². The second-order valence-electron chi connectivity index (χ2n) is 7.13. The number of benzene rings is 2. The maximum absolute atomic E-state index is 12.7. The molecule has 1 aliphatic rings. The summed E-state index contributed by atoms with van der Waals surface area (Å²) in [6.45, 7) is 3.96. The van der Waals surface area contributed by atoms with E-state index in [1.54, 1.807) is 19.1 Å². The highest BCUT2D eigenvalue weighted by atomic mass is 32.2. The van der Waals surface area contributed by atoms with Crippen molar-refractivity contribution >= 4 is 21.6 Å². The number of unbranched alkanes of at least 4 members (excludes halogenated alkanes) is 1. The standard InChI is InChI=1S/C21H26N2O3S/c1-3-4-5-16-7-9-17(10-8-16)22-21(24)20-14-19(13-6-15(20)2)27(25,26)23-18-11-12-18/h6-10,13-14,18,23H,3-5,11-12H2,1-2H3,(H,22,24). The fourth-order valence-corrected chi connectivity index (χ4v) is 4.17. The molecule has 2 N–H and O–H groups in total. The van der Waals surface area contributed by atoms with Crippen molar-refractivity contribution in [1.29, 1.82) is 0 Å². The second kappa shape index (κ2) is 8.23. The monoisotopic (exact) mass is 386 g/mol. The molecule has 0 unspecified atom stereocenters. The van der Waals surface area contributed by atoms with Crippen LogP contribution < -0.4 is 10.0 Å². The largest absolute Gasteiger partial charge is 0.322 e. The number of sulfonamides is 1. The van der Waals surface area contributed by atoms with Crippen LogP contribution in [0.15, 0.2) is 47.4 Å². The summed E-state index contributed by atoms with van der Waals surface area (Å²) in [5.41, 5.74) is 3.04. The Bertz CT molecular complexity index is 917. The Labute approximate surface area is 161 Å². The fourth-order valence-electron chi connectivity index (χ4n) is 2.84. The first kappa shape index (κ1) is 19.6. The van der Waals surface area contributed by atoms with Gasteiger partial charge in [-0.2, -0.15) is 0 Å². The summed E-state index contributed by atoms with van der Waals surface area (Å²) in [5.74, 6) is -0.308. The summed E-state index contributed by atoms with van der Waals surface area (Å²) in [5, 5.41) is 2.86. The molecular formula is C21H26N2O3S. The van der Waals surface area contributed by atoms with Crippen LogP contribution in [0, 0.1) is 6.92 Å².